The van der Waals surface area contributed by atoms with Gasteiger partial charge in [0.1, 0.15) is 17.6 Å². The standard InChI is InChI=1S/C14H8BrF3N2/c1-7-2-4-9(16)14(12(7)17)20-10-5-3-8(6-19)11(15)13(10)18/h2-5,20H,1H3. The molecule has 0 spiro atoms. The van der Waals surface area contributed by atoms with Gasteiger partial charge in [0.05, 0.1) is 15.7 Å². The van der Waals surface area contributed by atoms with Crippen molar-refractivity contribution in [3.8, 4) is 6.07 Å². The fourth-order valence-electron chi connectivity index (χ4n) is 1.64. The van der Waals surface area contributed by atoms with Crippen LogP contribution < -0.4 is 5.32 Å². The molecule has 2 nitrogen and oxygen atoms in total. The summed E-state index contributed by atoms with van der Waals surface area (Å²) in [6, 6.07) is 6.78. The van der Waals surface area contributed by atoms with Crippen molar-refractivity contribution in [2.45, 2.75) is 6.92 Å². The number of nitrogens with zero attached hydrogens (tertiary/aromatic N) is 1. The summed E-state index contributed by atoms with van der Waals surface area (Å²) >= 11 is 2.93. The second kappa shape index (κ2) is 5.55. The molecular weight excluding hydrogens is 333 g/mol. The highest BCUT2D eigenvalue weighted by Gasteiger charge is 2.16. The minimum atomic E-state index is -0.826. The lowest BCUT2D eigenvalue weighted by molar-refractivity contribution is 0.583. The molecule has 0 bridgehead atoms. The van der Waals surface area contributed by atoms with Crippen molar-refractivity contribution in [1.29, 1.82) is 5.26 Å². The van der Waals surface area contributed by atoms with E-state index in [0.29, 0.717) is 0 Å². The molecular formula is C14H8BrF3N2. The van der Waals surface area contributed by atoms with Crippen LogP contribution in [0.4, 0.5) is 24.5 Å². The van der Waals surface area contributed by atoms with Gasteiger partial charge in [-0.25, -0.2) is 13.2 Å². The minimum absolute atomic E-state index is 0.0570. The van der Waals surface area contributed by atoms with Gasteiger partial charge in [0.25, 0.3) is 0 Å². The maximum absolute atomic E-state index is 14.0. The molecule has 0 aliphatic rings. The largest absolute Gasteiger partial charge is 0.348 e. The van der Waals surface area contributed by atoms with Crippen LogP contribution in [0.1, 0.15) is 11.1 Å². The second-order valence-electron chi connectivity index (χ2n) is 4.08. The molecule has 0 aromatic heterocycles. The molecule has 102 valence electrons. The normalized spacial score (nSPS) is 10.2. The Balaban J connectivity index is 2.49. The molecule has 0 unspecified atom stereocenters. The van der Waals surface area contributed by atoms with E-state index < -0.39 is 23.1 Å². The summed E-state index contributed by atoms with van der Waals surface area (Å²) in [5, 5.41) is 11.1. The first-order chi connectivity index (χ1) is 9.45. The van der Waals surface area contributed by atoms with Gasteiger partial charge < -0.3 is 5.32 Å². The quantitative estimate of drug-likeness (QED) is 0.853. The molecule has 2 rings (SSSR count). The third kappa shape index (κ3) is 2.49. The Bertz CT molecular complexity index is 723. The zero-order valence-corrected chi connectivity index (χ0v) is 11.9. The van der Waals surface area contributed by atoms with Gasteiger partial charge in [-0.15, -0.1) is 0 Å². The maximum Gasteiger partial charge on any atom is 0.162 e. The summed E-state index contributed by atoms with van der Waals surface area (Å²) in [7, 11) is 0. The van der Waals surface area contributed by atoms with E-state index in [2.05, 4.69) is 21.2 Å². The van der Waals surface area contributed by atoms with Crippen LogP contribution in [-0.2, 0) is 0 Å². The number of hydrogen-bond acceptors (Lipinski definition) is 2. The zero-order chi connectivity index (χ0) is 14.9. The Hall–Kier alpha value is -2.00. The molecule has 20 heavy (non-hydrogen) atoms. The highest BCUT2D eigenvalue weighted by molar-refractivity contribution is 9.10. The lowest BCUT2D eigenvalue weighted by Crippen LogP contribution is -2.02. The summed E-state index contributed by atoms with van der Waals surface area (Å²) in [5.41, 5.74) is -0.222. The van der Waals surface area contributed by atoms with Crippen LogP contribution >= 0.6 is 15.9 Å². The highest BCUT2D eigenvalue weighted by Crippen LogP contribution is 2.31. The van der Waals surface area contributed by atoms with Crippen LogP contribution in [0.5, 0.6) is 0 Å². The highest BCUT2D eigenvalue weighted by atomic mass is 79.9. The number of hydrogen-bond donors (Lipinski definition) is 1. The first-order valence-corrected chi connectivity index (χ1v) is 6.34. The van der Waals surface area contributed by atoms with Crippen LogP contribution in [-0.4, -0.2) is 0 Å². The molecule has 0 aliphatic carbocycles. The van der Waals surface area contributed by atoms with E-state index in [0.717, 1.165) is 6.07 Å². The summed E-state index contributed by atoms with van der Waals surface area (Å²) < 4.78 is 41.4. The van der Waals surface area contributed by atoms with Gasteiger partial charge in [-0.2, -0.15) is 5.26 Å². The molecule has 0 fully saturated rings. The van der Waals surface area contributed by atoms with Crippen molar-refractivity contribution in [1.82, 2.24) is 0 Å². The van der Waals surface area contributed by atoms with Crippen molar-refractivity contribution in [3.05, 3.63) is 57.3 Å². The van der Waals surface area contributed by atoms with Gasteiger partial charge in [0.15, 0.2) is 11.6 Å². The molecule has 0 saturated carbocycles. The van der Waals surface area contributed by atoms with Crippen LogP contribution in [0.3, 0.4) is 0 Å². The summed E-state index contributed by atoms with van der Waals surface area (Å²) in [6.07, 6.45) is 0. The van der Waals surface area contributed by atoms with Gasteiger partial charge in [0, 0.05) is 0 Å². The first kappa shape index (κ1) is 14.4. The number of nitriles is 1. The van der Waals surface area contributed by atoms with E-state index in [9.17, 15) is 13.2 Å². The maximum atomic E-state index is 14.0. The van der Waals surface area contributed by atoms with Crippen LogP contribution in [0.2, 0.25) is 0 Å². The van der Waals surface area contributed by atoms with Gasteiger partial charge in [0.2, 0.25) is 0 Å². The van der Waals surface area contributed by atoms with E-state index in [4.69, 9.17) is 5.26 Å². The summed E-state index contributed by atoms with van der Waals surface area (Å²) in [5.74, 6) is -2.40. The van der Waals surface area contributed by atoms with Gasteiger partial charge >= 0.3 is 0 Å². The van der Waals surface area contributed by atoms with E-state index in [-0.39, 0.29) is 21.3 Å². The minimum Gasteiger partial charge on any atom is -0.348 e. The predicted octanol–water partition coefficient (Wildman–Crippen LogP) is 4.79. The Morgan fingerprint density at radius 1 is 1.10 bits per heavy atom. The average molecular weight is 341 g/mol. The van der Waals surface area contributed by atoms with Crippen LogP contribution in [0, 0.1) is 35.7 Å². The number of rotatable bonds is 2. The van der Waals surface area contributed by atoms with Crippen molar-refractivity contribution >= 4 is 27.3 Å². The molecule has 0 radical (unpaired) electrons. The predicted molar refractivity (Wildman–Crippen MR) is 73.2 cm³/mol. The average Bonchev–Trinajstić information content (AvgIpc) is 2.44. The third-order valence-corrected chi connectivity index (χ3v) is 3.52. The van der Waals surface area contributed by atoms with Crippen molar-refractivity contribution < 1.29 is 13.2 Å². The van der Waals surface area contributed by atoms with E-state index >= 15 is 0 Å². The lowest BCUT2D eigenvalue weighted by atomic mass is 10.1. The smallest absolute Gasteiger partial charge is 0.162 e. The summed E-state index contributed by atoms with van der Waals surface area (Å²) in [4.78, 5) is 0. The Kier molecular flexibility index (Phi) is 4.00. The van der Waals surface area contributed by atoms with E-state index in [1.807, 2.05) is 0 Å². The Labute approximate surface area is 122 Å². The second-order valence-corrected chi connectivity index (χ2v) is 4.87. The molecule has 6 heteroatoms. The molecule has 1 N–H and O–H groups in total. The monoisotopic (exact) mass is 340 g/mol. The third-order valence-electron chi connectivity index (χ3n) is 2.75. The molecule has 0 amide bonds. The Morgan fingerprint density at radius 2 is 1.80 bits per heavy atom. The number of nitrogens with one attached hydrogen (secondary N) is 1. The molecule has 0 aliphatic heterocycles. The molecule has 0 atom stereocenters. The van der Waals surface area contributed by atoms with Crippen molar-refractivity contribution in [2.24, 2.45) is 0 Å². The molecule has 0 heterocycles. The number of benzene rings is 2. The molecule has 2 aromatic carbocycles. The lowest BCUT2D eigenvalue weighted by Gasteiger charge is -2.12. The number of halogens is 4. The topological polar surface area (TPSA) is 35.8 Å². The Morgan fingerprint density at radius 3 is 2.45 bits per heavy atom. The fraction of sp³-hybridized carbons (Fsp3) is 0.0714. The number of anilines is 2. The van der Waals surface area contributed by atoms with Crippen molar-refractivity contribution in [3.63, 3.8) is 0 Å². The molecule has 2 aromatic rings. The molecule has 0 saturated heterocycles. The van der Waals surface area contributed by atoms with E-state index in [1.165, 1.54) is 25.1 Å². The van der Waals surface area contributed by atoms with Crippen LogP contribution in [0.15, 0.2) is 28.7 Å². The summed E-state index contributed by atoms with van der Waals surface area (Å²) in [6.45, 7) is 1.48. The van der Waals surface area contributed by atoms with Crippen LogP contribution in [0.25, 0.3) is 0 Å². The van der Waals surface area contributed by atoms with Gasteiger partial charge in [-0.1, -0.05) is 6.07 Å². The first-order valence-electron chi connectivity index (χ1n) is 5.55. The fourth-order valence-corrected chi connectivity index (χ4v) is 2.07. The van der Waals surface area contributed by atoms with Gasteiger partial charge in [-0.3, -0.25) is 0 Å². The van der Waals surface area contributed by atoms with Gasteiger partial charge in [-0.05, 0) is 46.6 Å². The number of aryl methyl sites for hydroxylation is 1. The van der Waals surface area contributed by atoms with E-state index in [1.54, 1.807) is 6.07 Å². The van der Waals surface area contributed by atoms with Crippen molar-refractivity contribution in [2.75, 3.05) is 5.32 Å². The SMILES string of the molecule is Cc1ccc(F)c(Nc2ccc(C#N)c(Br)c2F)c1F. The zero-order valence-electron chi connectivity index (χ0n) is 10.3.